The minimum Gasteiger partial charge on any atom is -0.497 e. The molecule has 1 saturated heterocycles. The van der Waals surface area contributed by atoms with Crippen LogP contribution in [0.5, 0.6) is 5.75 Å². The lowest BCUT2D eigenvalue weighted by Crippen LogP contribution is -2.40. The van der Waals surface area contributed by atoms with Crippen LogP contribution < -0.4 is 15.0 Å². The number of nitrogens with zero attached hydrogens (tertiary/aromatic N) is 5. The molecule has 0 amide bonds. The molecule has 39 heavy (non-hydrogen) atoms. The van der Waals surface area contributed by atoms with E-state index in [2.05, 4.69) is 25.7 Å². The second-order valence-corrected chi connectivity index (χ2v) is 9.54. The highest BCUT2D eigenvalue weighted by Crippen LogP contribution is 2.41. The van der Waals surface area contributed by atoms with Gasteiger partial charge in [-0.1, -0.05) is 41.5 Å². The Labute approximate surface area is 226 Å². The van der Waals surface area contributed by atoms with Gasteiger partial charge in [0.15, 0.2) is 0 Å². The quantitative estimate of drug-likeness (QED) is 0.432. The van der Waals surface area contributed by atoms with Crippen LogP contribution in [0.15, 0.2) is 59.8 Å². The summed E-state index contributed by atoms with van der Waals surface area (Å²) in [5.74, 6) is 0.160. The van der Waals surface area contributed by atoms with Crippen LogP contribution in [-0.2, 0) is 25.7 Å². The fourth-order valence-electron chi connectivity index (χ4n) is 5.17. The van der Waals surface area contributed by atoms with Crippen LogP contribution in [0, 0.1) is 5.92 Å². The molecular formula is C28H32N6O5. The average molecular weight is 533 g/mol. The number of carbonyl (C=O) groups excluding carboxylic acids is 2. The molecule has 1 fully saturated rings. The summed E-state index contributed by atoms with van der Waals surface area (Å²) in [7, 11) is 1.61. The highest BCUT2D eigenvalue weighted by atomic mass is 16.5. The van der Waals surface area contributed by atoms with Crippen LogP contribution in [0.25, 0.3) is 0 Å². The van der Waals surface area contributed by atoms with Crippen LogP contribution >= 0.6 is 0 Å². The van der Waals surface area contributed by atoms with E-state index in [-0.39, 0.29) is 18.5 Å². The zero-order valence-corrected chi connectivity index (χ0v) is 22.3. The molecule has 2 unspecified atom stereocenters. The molecule has 0 spiro atoms. The number of ether oxygens (including phenoxy) is 3. The van der Waals surface area contributed by atoms with Crippen molar-refractivity contribution in [3.05, 3.63) is 70.9 Å². The predicted octanol–water partition coefficient (Wildman–Crippen LogP) is 3.49. The number of piperidine rings is 1. The molecule has 11 nitrogen and oxygen atoms in total. The van der Waals surface area contributed by atoms with Crippen LogP contribution in [0.1, 0.15) is 43.9 Å². The Balaban J connectivity index is 1.54. The van der Waals surface area contributed by atoms with Gasteiger partial charge in [-0.25, -0.2) is 4.79 Å². The van der Waals surface area contributed by atoms with E-state index in [1.165, 1.54) is 0 Å². The molecule has 1 aromatic heterocycles. The van der Waals surface area contributed by atoms with Gasteiger partial charge in [0, 0.05) is 36.1 Å². The lowest BCUT2D eigenvalue weighted by atomic mass is 9.91. The third-order valence-corrected chi connectivity index (χ3v) is 7.06. The van der Waals surface area contributed by atoms with Crippen LogP contribution in [-0.4, -0.2) is 59.0 Å². The van der Waals surface area contributed by atoms with Gasteiger partial charge in [0.05, 0.1) is 25.2 Å². The van der Waals surface area contributed by atoms with Gasteiger partial charge < -0.3 is 24.4 Å². The van der Waals surface area contributed by atoms with Crippen LogP contribution in [0.4, 0.5) is 11.6 Å². The molecule has 3 heterocycles. The molecule has 0 bridgehead atoms. The molecule has 0 aliphatic carbocycles. The molecular weight excluding hydrogens is 500 g/mol. The molecule has 204 valence electrons. The number of hydrogen-bond acceptors (Lipinski definition) is 10. The molecule has 1 N–H and O–H groups in total. The number of esters is 2. The molecule has 2 atom stereocenters. The lowest BCUT2D eigenvalue weighted by Gasteiger charge is -2.37. The molecule has 11 heteroatoms. The van der Waals surface area contributed by atoms with Crippen molar-refractivity contribution in [1.82, 2.24) is 20.2 Å². The van der Waals surface area contributed by atoms with Crippen molar-refractivity contribution in [2.45, 2.75) is 39.3 Å². The van der Waals surface area contributed by atoms with Crippen LogP contribution in [0.2, 0.25) is 0 Å². The van der Waals surface area contributed by atoms with Gasteiger partial charge in [0.1, 0.15) is 18.4 Å². The first-order valence-corrected chi connectivity index (χ1v) is 13.1. The molecule has 5 rings (SSSR count). The summed E-state index contributed by atoms with van der Waals surface area (Å²) in [5, 5.41) is 15.3. The van der Waals surface area contributed by atoms with Crippen molar-refractivity contribution < 1.29 is 23.8 Å². The fourth-order valence-corrected chi connectivity index (χ4v) is 5.17. The van der Waals surface area contributed by atoms with Gasteiger partial charge >= 0.3 is 11.9 Å². The topological polar surface area (TPSA) is 121 Å². The third kappa shape index (κ3) is 5.43. The monoisotopic (exact) mass is 532 g/mol. The normalized spacial score (nSPS) is 18.7. The Morgan fingerprint density at radius 2 is 1.95 bits per heavy atom. The summed E-state index contributed by atoms with van der Waals surface area (Å²) in [4.78, 5) is 28.4. The standard InChI is InChI=1S/C28H32N6O5/c1-4-38-26(35)20-11-8-14-33(16-20)23-15-21(37-3)12-13-22(23)25-24(18(2)29-28-30-31-32-34(25)28)27(36)39-17-19-9-6-5-7-10-19/h5-7,9-10,12-13,15,20,25H,4,8,11,14,16-17H2,1-3H3,(H,29,30,32). The van der Waals surface area contributed by atoms with Crippen molar-refractivity contribution in [1.29, 1.82) is 0 Å². The van der Waals surface area contributed by atoms with Crippen molar-refractivity contribution in [2.75, 3.05) is 37.0 Å². The van der Waals surface area contributed by atoms with Gasteiger partial charge in [0.2, 0.25) is 5.95 Å². The summed E-state index contributed by atoms with van der Waals surface area (Å²) < 4.78 is 18.2. The average Bonchev–Trinajstić information content (AvgIpc) is 3.43. The molecule has 2 aliphatic heterocycles. The number of allylic oxidation sites excluding steroid dienone is 1. The Morgan fingerprint density at radius 1 is 1.13 bits per heavy atom. The zero-order valence-electron chi connectivity index (χ0n) is 22.3. The number of rotatable bonds is 8. The van der Waals surface area contributed by atoms with E-state index in [0.717, 1.165) is 36.2 Å². The first-order chi connectivity index (χ1) is 19.0. The number of benzene rings is 2. The van der Waals surface area contributed by atoms with Crippen molar-refractivity contribution in [3.63, 3.8) is 0 Å². The summed E-state index contributed by atoms with van der Waals surface area (Å²) in [6.07, 6.45) is 1.58. The molecule has 2 aromatic carbocycles. The van der Waals surface area contributed by atoms with Crippen molar-refractivity contribution in [3.8, 4) is 5.75 Å². The Morgan fingerprint density at radius 3 is 2.72 bits per heavy atom. The number of tetrazole rings is 1. The smallest absolute Gasteiger partial charge is 0.338 e. The van der Waals surface area contributed by atoms with Gasteiger partial charge in [-0.3, -0.25) is 4.79 Å². The second-order valence-electron chi connectivity index (χ2n) is 9.54. The van der Waals surface area contributed by atoms with Crippen molar-refractivity contribution in [2.24, 2.45) is 5.92 Å². The molecule has 0 radical (unpaired) electrons. The maximum Gasteiger partial charge on any atom is 0.338 e. The number of methoxy groups -OCH3 is 1. The van der Waals surface area contributed by atoms with E-state index in [4.69, 9.17) is 14.2 Å². The minimum absolute atomic E-state index is 0.133. The summed E-state index contributed by atoms with van der Waals surface area (Å²) >= 11 is 0. The van der Waals surface area contributed by atoms with Crippen molar-refractivity contribution >= 4 is 23.6 Å². The number of aromatic nitrogens is 4. The van der Waals surface area contributed by atoms with Gasteiger partial charge in [-0.15, -0.1) is 0 Å². The Kier molecular flexibility index (Phi) is 7.76. The van der Waals surface area contributed by atoms with E-state index in [9.17, 15) is 9.59 Å². The largest absolute Gasteiger partial charge is 0.497 e. The van der Waals surface area contributed by atoms with E-state index in [0.29, 0.717) is 36.1 Å². The Hall–Kier alpha value is -4.41. The van der Waals surface area contributed by atoms with E-state index >= 15 is 0 Å². The molecule has 3 aromatic rings. The molecule has 0 saturated carbocycles. The van der Waals surface area contributed by atoms with E-state index < -0.39 is 12.0 Å². The lowest BCUT2D eigenvalue weighted by molar-refractivity contribution is -0.148. The van der Waals surface area contributed by atoms with Gasteiger partial charge in [0.25, 0.3) is 0 Å². The van der Waals surface area contributed by atoms with E-state index in [1.807, 2.05) is 62.4 Å². The van der Waals surface area contributed by atoms with Gasteiger partial charge in [-0.05, 0) is 48.7 Å². The molecule has 2 aliphatic rings. The Bertz CT molecular complexity index is 1370. The minimum atomic E-state index is -0.664. The third-order valence-electron chi connectivity index (χ3n) is 7.06. The second kappa shape index (κ2) is 11.5. The van der Waals surface area contributed by atoms with E-state index in [1.54, 1.807) is 11.8 Å². The first kappa shape index (κ1) is 26.2. The zero-order chi connectivity index (χ0) is 27.4. The van der Waals surface area contributed by atoms with Gasteiger partial charge in [-0.2, -0.15) is 4.68 Å². The fraction of sp³-hybridized carbons (Fsp3) is 0.393. The first-order valence-electron chi connectivity index (χ1n) is 13.1. The summed E-state index contributed by atoms with van der Waals surface area (Å²) in [6.45, 7) is 5.32. The number of nitrogens with one attached hydrogen (secondary N) is 1. The maximum atomic E-state index is 13.6. The SMILES string of the molecule is CCOC(=O)C1CCCN(c2cc(OC)ccc2C2C(C(=O)OCc3ccccc3)=C(C)Nc3nnnn32)C1. The maximum absolute atomic E-state index is 13.6. The predicted molar refractivity (Wildman–Crippen MR) is 143 cm³/mol. The number of fused-ring (bicyclic) bond motifs is 1. The summed E-state index contributed by atoms with van der Waals surface area (Å²) in [6, 6.07) is 14.6. The van der Waals surface area contributed by atoms with Crippen LogP contribution in [0.3, 0.4) is 0 Å². The number of anilines is 2. The number of hydrogen-bond donors (Lipinski definition) is 1. The highest BCUT2D eigenvalue weighted by molar-refractivity contribution is 5.93. The number of carbonyl (C=O) groups is 2. The summed E-state index contributed by atoms with van der Waals surface area (Å²) in [5.41, 5.74) is 3.51. The highest BCUT2D eigenvalue weighted by Gasteiger charge is 2.38.